The Morgan fingerprint density at radius 2 is 1.77 bits per heavy atom. The van der Waals surface area contributed by atoms with Crippen LogP contribution in [0.5, 0.6) is 5.75 Å². The number of amides is 1. The van der Waals surface area contributed by atoms with E-state index in [2.05, 4.69) is 15.5 Å². The van der Waals surface area contributed by atoms with Crippen LogP contribution >= 0.6 is 11.8 Å². The fourth-order valence-electron chi connectivity index (χ4n) is 2.82. The van der Waals surface area contributed by atoms with E-state index >= 15 is 0 Å². The van der Waals surface area contributed by atoms with E-state index in [0.717, 1.165) is 17.7 Å². The van der Waals surface area contributed by atoms with Crippen molar-refractivity contribution in [3.05, 3.63) is 71.0 Å². The van der Waals surface area contributed by atoms with Crippen molar-refractivity contribution in [2.24, 2.45) is 0 Å². The summed E-state index contributed by atoms with van der Waals surface area (Å²) >= 11 is 1.38. The maximum absolute atomic E-state index is 12.7. The van der Waals surface area contributed by atoms with Gasteiger partial charge in [-0.3, -0.25) is 4.79 Å². The Morgan fingerprint density at radius 3 is 2.35 bits per heavy atom. The monoisotopic (exact) mass is 450 g/mol. The van der Waals surface area contributed by atoms with E-state index < -0.39 is 11.7 Å². The van der Waals surface area contributed by atoms with Gasteiger partial charge in [0.2, 0.25) is 0 Å². The fraction of sp³-hybridized carbons (Fsp3) is 0.286. The molecule has 0 radical (unpaired) electrons. The number of halogens is 3. The van der Waals surface area contributed by atoms with Crippen molar-refractivity contribution in [3.8, 4) is 5.75 Å². The highest BCUT2D eigenvalue weighted by atomic mass is 32.2. The summed E-state index contributed by atoms with van der Waals surface area (Å²) in [6.07, 6.45) is -4.35. The number of rotatable bonds is 8. The number of hydrogen-bond acceptors (Lipinski definition) is 5. The molecular formula is C21H21F3N4O2S. The van der Waals surface area contributed by atoms with Gasteiger partial charge < -0.3 is 14.6 Å². The molecule has 0 atom stereocenters. The topological polar surface area (TPSA) is 69.0 Å². The van der Waals surface area contributed by atoms with Gasteiger partial charge in [0.25, 0.3) is 5.91 Å². The lowest BCUT2D eigenvalue weighted by molar-refractivity contribution is -0.137. The van der Waals surface area contributed by atoms with Crippen LogP contribution in [0.25, 0.3) is 0 Å². The molecule has 1 N–H and O–H groups in total. The van der Waals surface area contributed by atoms with Crippen LogP contribution in [0, 0.1) is 0 Å². The van der Waals surface area contributed by atoms with Gasteiger partial charge in [0.05, 0.1) is 19.2 Å². The summed E-state index contributed by atoms with van der Waals surface area (Å²) in [5.41, 5.74) is 0.575. The first-order valence-corrected chi connectivity index (χ1v) is 10.4. The third kappa shape index (κ3) is 5.78. The number of alkyl halides is 3. The van der Waals surface area contributed by atoms with Gasteiger partial charge in [0.1, 0.15) is 5.75 Å². The Balaban J connectivity index is 1.60. The van der Waals surface area contributed by atoms with E-state index in [0.29, 0.717) is 34.6 Å². The lowest BCUT2D eigenvalue weighted by Gasteiger charge is -2.09. The molecule has 31 heavy (non-hydrogen) atoms. The number of nitrogens with one attached hydrogen (secondary N) is 1. The average molecular weight is 450 g/mol. The number of ether oxygens (including phenoxy) is 1. The summed E-state index contributed by atoms with van der Waals surface area (Å²) in [6, 6.07) is 11.8. The number of hydrogen-bond donors (Lipinski definition) is 1. The van der Waals surface area contributed by atoms with E-state index in [1.807, 2.05) is 11.5 Å². The number of methoxy groups -OCH3 is 1. The molecular weight excluding hydrogens is 429 g/mol. The standard InChI is InChI=1S/C21H21F3N4O2S/c1-3-28-18(12-25-19(29)15-6-10-17(30-2)11-7-15)26-27-20(28)31-13-14-4-8-16(9-5-14)21(22,23)24/h4-11H,3,12-13H2,1-2H3,(H,25,29). The third-order valence-electron chi connectivity index (χ3n) is 4.52. The zero-order valence-corrected chi connectivity index (χ0v) is 17.8. The maximum atomic E-state index is 12.7. The van der Waals surface area contributed by atoms with Crippen LogP contribution in [0.2, 0.25) is 0 Å². The quantitative estimate of drug-likeness (QED) is 0.510. The lowest BCUT2D eigenvalue weighted by Crippen LogP contribution is -2.24. The number of aromatic nitrogens is 3. The Hall–Kier alpha value is -3.01. The third-order valence-corrected chi connectivity index (χ3v) is 5.56. The Bertz CT molecular complexity index is 1020. The van der Waals surface area contributed by atoms with Gasteiger partial charge in [-0.15, -0.1) is 10.2 Å². The first kappa shape index (κ1) is 22.7. The normalized spacial score (nSPS) is 11.4. The van der Waals surface area contributed by atoms with Gasteiger partial charge in [-0.25, -0.2) is 0 Å². The molecule has 3 rings (SSSR count). The number of carbonyl (C=O) groups is 1. The molecule has 1 aromatic heterocycles. The second-order valence-electron chi connectivity index (χ2n) is 6.54. The predicted molar refractivity (Wildman–Crippen MR) is 111 cm³/mol. The highest BCUT2D eigenvalue weighted by molar-refractivity contribution is 7.98. The zero-order valence-electron chi connectivity index (χ0n) is 16.9. The number of thioether (sulfide) groups is 1. The molecule has 0 unspecified atom stereocenters. The van der Waals surface area contributed by atoms with Gasteiger partial charge in [-0.1, -0.05) is 23.9 Å². The Labute approximate surface area is 181 Å². The van der Waals surface area contributed by atoms with Crippen LogP contribution in [0.15, 0.2) is 53.7 Å². The molecule has 2 aromatic carbocycles. The summed E-state index contributed by atoms with van der Waals surface area (Å²) < 4.78 is 45.0. The van der Waals surface area contributed by atoms with Crippen molar-refractivity contribution in [2.45, 2.75) is 37.1 Å². The van der Waals surface area contributed by atoms with E-state index in [4.69, 9.17) is 4.74 Å². The van der Waals surface area contributed by atoms with E-state index in [-0.39, 0.29) is 12.5 Å². The molecule has 10 heteroatoms. The molecule has 0 bridgehead atoms. The second kappa shape index (κ2) is 9.86. The summed E-state index contributed by atoms with van der Waals surface area (Å²) in [6.45, 7) is 2.73. The van der Waals surface area contributed by atoms with Crippen molar-refractivity contribution in [2.75, 3.05) is 7.11 Å². The number of nitrogens with zero attached hydrogens (tertiary/aromatic N) is 3. The SMILES string of the molecule is CCn1c(CNC(=O)c2ccc(OC)cc2)nnc1SCc1ccc(C(F)(F)F)cc1. The number of carbonyl (C=O) groups excluding carboxylic acids is 1. The molecule has 0 aliphatic heterocycles. The van der Waals surface area contributed by atoms with Gasteiger partial charge in [0.15, 0.2) is 11.0 Å². The summed E-state index contributed by atoms with van der Waals surface area (Å²) in [5, 5.41) is 11.8. The first-order valence-electron chi connectivity index (χ1n) is 9.45. The van der Waals surface area contributed by atoms with Crippen LogP contribution in [-0.4, -0.2) is 27.8 Å². The van der Waals surface area contributed by atoms with Crippen LogP contribution in [0.3, 0.4) is 0 Å². The molecule has 0 fully saturated rings. The highest BCUT2D eigenvalue weighted by Gasteiger charge is 2.29. The molecule has 0 saturated carbocycles. The molecule has 0 aliphatic rings. The predicted octanol–water partition coefficient (Wildman–Crippen LogP) is 4.55. The van der Waals surface area contributed by atoms with Crippen molar-refractivity contribution in [1.29, 1.82) is 0 Å². The Morgan fingerprint density at radius 1 is 1.10 bits per heavy atom. The fourth-order valence-corrected chi connectivity index (χ4v) is 3.79. The van der Waals surface area contributed by atoms with Gasteiger partial charge in [-0.2, -0.15) is 13.2 Å². The maximum Gasteiger partial charge on any atom is 0.416 e. The Kier molecular flexibility index (Phi) is 7.21. The lowest BCUT2D eigenvalue weighted by atomic mass is 10.1. The van der Waals surface area contributed by atoms with Crippen LogP contribution in [-0.2, 0) is 25.0 Å². The van der Waals surface area contributed by atoms with Crippen molar-refractivity contribution < 1.29 is 22.7 Å². The van der Waals surface area contributed by atoms with Crippen LogP contribution in [0.4, 0.5) is 13.2 Å². The molecule has 164 valence electrons. The number of benzene rings is 2. The van der Waals surface area contributed by atoms with Crippen molar-refractivity contribution in [3.63, 3.8) is 0 Å². The molecule has 1 heterocycles. The molecule has 6 nitrogen and oxygen atoms in total. The summed E-state index contributed by atoms with van der Waals surface area (Å²) in [5.74, 6) is 1.47. The summed E-state index contributed by atoms with van der Waals surface area (Å²) in [4.78, 5) is 12.3. The minimum atomic E-state index is -4.35. The minimum Gasteiger partial charge on any atom is -0.497 e. The van der Waals surface area contributed by atoms with Crippen LogP contribution in [0.1, 0.15) is 34.2 Å². The minimum absolute atomic E-state index is 0.201. The van der Waals surface area contributed by atoms with E-state index in [1.54, 1.807) is 31.4 Å². The highest BCUT2D eigenvalue weighted by Crippen LogP contribution is 2.30. The van der Waals surface area contributed by atoms with Crippen molar-refractivity contribution >= 4 is 17.7 Å². The summed E-state index contributed by atoms with van der Waals surface area (Å²) in [7, 11) is 1.56. The zero-order chi connectivity index (χ0) is 22.4. The second-order valence-corrected chi connectivity index (χ2v) is 7.48. The van der Waals surface area contributed by atoms with E-state index in [9.17, 15) is 18.0 Å². The smallest absolute Gasteiger partial charge is 0.416 e. The van der Waals surface area contributed by atoms with Crippen molar-refractivity contribution in [1.82, 2.24) is 20.1 Å². The molecule has 0 saturated heterocycles. The largest absolute Gasteiger partial charge is 0.497 e. The average Bonchev–Trinajstić information content (AvgIpc) is 3.17. The van der Waals surface area contributed by atoms with Gasteiger partial charge in [0, 0.05) is 17.9 Å². The van der Waals surface area contributed by atoms with E-state index in [1.165, 1.54) is 23.9 Å². The molecule has 0 spiro atoms. The molecule has 1 amide bonds. The first-order chi connectivity index (χ1) is 14.8. The van der Waals surface area contributed by atoms with Gasteiger partial charge >= 0.3 is 6.18 Å². The molecule has 3 aromatic rings. The van der Waals surface area contributed by atoms with Gasteiger partial charge in [-0.05, 0) is 48.9 Å². The van der Waals surface area contributed by atoms with Crippen LogP contribution < -0.4 is 10.1 Å². The molecule has 0 aliphatic carbocycles.